The minimum Gasteiger partial charge on any atom is -0.370 e. The summed E-state index contributed by atoms with van der Waals surface area (Å²) < 4.78 is 0. The first-order valence-electron chi connectivity index (χ1n) is 7.88. The lowest BCUT2D eigenvalue weighted by molar-refractivity contribution is -0.134. The summed E-state index contributed by atoms with van der Waals surface area (Å²) >= 11 is 0. The van der Waals surface area contributed by atoms with Crippen LogP contribution in [0.25, 0.3) is 0 Å². The molecule has 20 heavy (non-hydrogen) atoms. The number of nitrogens with two attached hydrogens (primary N) is 2. The van der Waals surface area contributed by atoms with Crippen molar-refractivity contribution < 1.29 is 9.59 Å². The number of piperidine rings is 1. The fourth-order valence-corrected chi connectivity index (χ4v) is 3.51. The predicted octanol–water partition coefficient (Wildman–Crippen LogP) is 1.01. The zero-order chi connectivity index (χ0) is 14.5. The highest BCUT2D eigenvalue weighted by atomic mass is 16.2. The SMILES string of the molecule is NC(=O)CC1CCN(C(=O)CC2CCCCC2N)CC1. The van der Waals surface area contributed by atoms with Crippen molar-refractivity contribution in [3.8, 4) is 0 Å². The van der Waals surface area contributed by atoms with Crippen LogP contribution in [0.1, 0.15) is 51.4 Å². The van der Waals surface area contributed by atoms with Gasteiger partial charge in [0.05, 0.1) is 0 Å². The zero-order valence-corrected chi connectivity index (χ0v) is 12.2. The van der Waals surface area contributed by atoms with Gasteiger partial charge < -0.3 is 16.4 Å². The highest BCUT2D eigenvalue weighted by molar-refractivity contribution is 5.77. The molecule has 2 amide bonds. The molecule has 0 aromatic heterocycles. The number of hydrogen-bond donors (Lipinski definition) is 2. The second kappa shape index (κ2) is 7.07. The quantitative estimate of drug-likeness (QED) is 0.806. The molecule has 5 nitrogen and oxygen atoms in total. The van der Waals surface area contributed by atoms with Gasteiger partial charge in [-0.1, -0.05) is 12.8 Å². The van der Waals surface area contributed by atoms with Gasteiger partial charge in [-0.25, -0.2) is 0 Å². The van der Waals surface area contributed by atoms with Gasteiger partial charge in [-0.15, -0.1) is 0 Å². The van der Waals surface area contributed by atoms with E-state index in [4.69, 9.17) is 11.5 Å². The van der Waals surface area contributed by atoms with Gasteiger partial charge in [0.25, 0.3) is 0 Å². The van der Waals surface area contributed by atoms with E-state index >= 15 is 0 Å². The van der Waals surface area contributed by atoms with Crippen LogP contribution in [-0.4, -0.2) is 35.8 Å². The Morgan fingerprint density at radius 1 is 1.00 bits per heavy atom. The molecule has 5 heteroatoms. The van der Waals surface area contributed by atoms with Crippen molar-refractivity contribution in [2.45, 2.75) is 57.4 Å². The third kappa shape index (κ3) is 4.20. The molecule has 0 aromatic rings. The largest absolute Gasteiger partial charge is 0.370 e. The van der Waals surface area contributed by atoms with Crippen molar-refractivity contribution in [2.24, 2.45) is 23.3 Å². The third-order valence-corrected chi connectivity index (χ3v) is 4.86. The van der Waals surface area contributed by atoms with Gasteiger partial charge in [0.1, 0.15) is 0 Å². The topological polar surface area (TPSA) is 89.4 Å². The maximum Gasteiger partial charge on any atom is 0.222 e. The first kappa shape index (κ1) is 15.3. The lowest BCUT2D eigenvalue weighted by Gasteiger charge is -2.34. The van der Waals surface area contributed by atoms with E-state index in [1.807, 2.05) is 4.90 Å². The Kier molecular flexibility index (Phi) is 5.40. The number of rotatable bonds is 4. The highest BCUT2D eigenvalue weighted by Gasteiger charge is 2.28. The van der Waals surface area contributed by atoms with Gasteiger partial charge in [-0.05, 0) is 37.5 Å². The van der Waals surface area contributed by atoms with Gasteiger partial charge in [-0.3, -0.25) is 9.59 Å². The molecule has 1 saturated carbocycles. The first-order chi connectivity index (χ1) is 9.56. The normalized spacial score (nSPS) is 28.4. The van der Waals surface area contributed by atoms with Crippen molar-refractivity contribution >= 4 is 11.8 Å². The number of primary amides is 1. The molecule has 0 spiro atoms. The zero-order valence-electron chi connectivity index (χ0n) is 12.2. The Hall–Kier alpha value is -1.10. The van der Waals surface area contributed by atoms with Crippen molar-refractivity contribution in [1.82, 2.24) is 4.90 Å². The van der Waals surface area contributed by atoms with Crippen LogP contribution in [0.4, 0.5) is 0 Å². The molecule has 114 valence electrons. The van der Waals surface area contributed by atoms with Crippen molar-refractivity contribution in [1.29, 1.82) is 0 Å². The smallest absolute Gasteiger partial charge is 0.222 e. The molecule has 0 bridgehead atoms. The van der Waals surface area contributed by atoms with E-state index in [0.717, 1.165) is 38.8 Å². The van der Waals surface area contributed by atoms with Gasteiger partial charge in [0.2, 0.25) is 11.8 Å². The molecular formula is C15H27N3O2. The molecule has 0 radical (unpaired) electrons. The Balaban J connectivity index is 1.75. The average molecular weight is 281 g/mol. The van der Waals surface area contributed by atoms with Crippen LogP contribution in [0.3, 0.4) is 0 Å². The molecule has 1 heterocycles. The van der Waals surface area contributed by atoms with E-state index in [1.54, 1.807) is 0 Å². The third-order valence-electron chi connectivity index (χ3n) is 4.86. The minimum atomic E-state index is -0.233. The Morgan fingerprint density at radius 3 is 2.25 bits per heavy atom. The van der Waals surface area contributed by atoms with Crippen LogP contribution in [0.15, 0.2) is 0 Å². The predicted molar refractivity (Wildman–Crippen MR) is 77.7 cm³/mol. The molecule has 2 atom stereocenters. The molecular weight excluding hydrogens is 254 g/mol. The molecule has 1 aliphatic heterocycles. The molecule has 1 saturated heterocycles. The Morgan fingerprint density at radius 2 is 1.65 bits per heavy atom. The summed E-state index contributed by atoms with van der Waals surface area (Å²) in [6.07, 6.45) is 7.38. The maximum atomic E-state index is 12.3. The van der Waals surface area contributed by atoms with Crippen LogP contribution in [0.5, 0.6) is 0 Å². The second-order valence-corrected chi connectivity index (χ2v) is 6.41. The molecule has 2 unspecified atom stereocenters. The summed E-state index contributed by atoms with van der Waals surface area (Å²) in [5.74, 6) is 0.723. The fourth-order valence-electron chi connectivity index (χ4n) is 3.51. The summed E-state index contributed by atoms with van der Waals surface area (Å²) in [4.78, 5) is 25.2. The molecule has 2 fully saturated rings. The highest BCUT2D eigenvalue weighted by Crippen LogP contribution is 2.27. The van der Waals surface area contributed by atoms with Gasteiger partial charge in [0.15, 0.2) is 0 Å². The number of nitrogens with zero attached hydrogens (tertiary/aromatic N) is 1. The monoisotopic (exact) mass is 281 g/mol. The van der Waals surface area contributed by atoms with Crippen molar-refractivity contribution in [3.05, 3.63) is 0 Å². The van der Waals surface area contributed by atoms with E-state index in [2.05, 4.69) is 0 Å². The number of hydrogen-bond acceptors (Lipinski definition) is 3. The fraction of sp³-hybridized carbons (Fsp3) is 0.867. The molecule has 0 aromatic carbocycles. The minimum absolute atomic E-state index is 0.195. The summed E-state index contributed by atoms with van der Waals surface area (Å²) in [5.41, 5.74) is 11.3. The summed E-state index contributed by atoms with van der Waals surface area (Å²) in [7, 11) is 0. The number of carbonyl (C=O) groups excluding carboxylic acids is 2. The molecule has 1 aliphatic carbocycles. The van der Waals surface area contributed by atoms with E-state index in [0.29, 0.717) is 24.7 Å². The number of carbonyl (C=O) groups is 2. The molecule has 2 rings (SSSR count). The van der Waals surface area contributed by atoms with E-state index in [9.17, 15) is 9.59 Å². The lowest BCUT2D eigenvalue weighted by Crippen LogP contribution is -2.42. The summed E-state index contributed by atoms with van der Waals surface area (Å²) in [6, 6.07) is 0.195. The lowest BCUT2D eigenvalue weighted by atomic mass is 9.82. The van der Waals surface area contributed by atoms with Gasteiger partial charge >= 0.3 is 0 Å². The molecule has 2 aliphatic rings. The molecule has 4 N–H and O–H groups in total. The van der Waals surface area contributed by atoms with Gasteiger partial charge in [-0.2, -0.15) is 0 Å². The van der Waals surface area contributed by atoms with Crippen LogP contribution >= 0.6 is 0 Å². The summed E-state index contributed by atoms with van der Waals surface area (Å²) in [6.45, 7) is 1.53. The standard InChI is InChI=1S/C15H27N3O2/c16-13-4-2-1-3-12(13)10-15(20)18-7-5-11(6-8-18)9-14(17)19/h11-13H,1-10,16H2,(H2,17,19). The van der Waals surface area contributed by atoms with E-state index < -0.39 is 0 Å². The Bertz CT molecular complexity index is 351. The van der Waals surface area contributed by atoms with E-state index in [-0.39, 0.29) is 17.9 Å². The first-order valence-corrected chi connectivity index (χ1v) is 7.88. The van der Waals surface area contributed by atoms with Crippen LogP contribution in [-0.2, 0) is 9.59 Å². The van der Waals surface area contributed by atoms with E-state index in [1.165, 1.54) is 12.8 Å². The number of amides is 2. The van der Waals surface area contributed by atoms with Crippen LogP contribution in [0, 0.1) is 11.8 Å². The summed E-state index contributed by atoms with van der Waals surface area (Å²) in [5, 5.41) is 0. The second-order valence-electron chi connectivity index (χ2n) is 6.41. The van der Waals surface area contributed by atoms with Gasteiger partial charge in [0, 0.05) is 32.0 Å². The average Bonchev–Trinajstić information content (AvgIpc) is 2.41. The van der Waals surface area contributed by atoms with Crippen molar-refractivity contribution in [2.75, 3.05) is 13.1 Å². The maximum absolute atomic E-state index is 12.3. The number of likely N-dealkylation sites (tertiary alicyclic amines) is 1. The van der Waals surface area contributed by atoms with Crippen LogP contribution < -0.4 is 11.5 Å². The Labute approximate surface area is 121 Å². The van der Waals surface area contributed by atoms with Crippen molar-refractivity contribution in [3.63, 3.8) is 0 Å². The van der Waals surface area contributed by atoms with Crippen LogP contribution in [0.2, 0.25) is 0 Å².